The predicted molar refractivity (Wildman–Crippen MR) is 168 cm³/mol. The van der Waals surface area contributed by atoms with E-state index in [1.165, 1.54) is 0 Å². The van der Waals surface area contributed by atoms with Crippen LogP contribution >= 0.6 is 50.9 Å². The van der Waals surface area contributed by atoms with Crippen molar-refractivity contribution in [1.29, 1.82) is 0 Å². The lowest BCUT2D eigenvalue weighted by atomic mass is 10.0. The fraction of sp³-hybridized carbons (Fsp3) is 1.00. The van der Waals surface area contributed by atoms with Crippen molar-refractivity contribution in [2.75, 3.05) is 0 Å². The summed E-state index contributed by atoms with van der Waals surface area (Å²) in [4.78, 5) is 26.7. The van der Waals surface area contributed by atoms with Gasteiger partial charge in [-0.2, -0.15) is 0 Å². The molecule has 0 N–H and O–H groups in total. The molecule has 0 bridgehead atoms. The Balaban J connectivity index is 5.01. The molecule has 1 heterocycles. The fourth-order valence-corrected chi connectivity index (χ4v) is 23.5. The van der Waals surface area contributed by atoms with Crippen LogP contribution in [0.1, 0.15) is 83.1 Å². The highest BCUT2D eigenvalue weighted by molar-refractivity contribution is 7.99. The van der Waals surface area contributed by atoms with Crippen molar-refractivity contribution in [2.24, 2.45) is 37.6 Å². The van der Waals surface area contributed by atoms with Crippen molar-refractivity contribution in [2.45, 2.75) is 105 Å². The molecule has 0 fully saturated rings. The molecule has 24 heteroatoms. The maximum absolute atomic E-state index is 9.61. The second-order valence-electron chi connectivity index (χ2n) is 12.4. The van der Waals surface area contributed by atoms with Crippen molar-refractivity contribution in [3.8, 4) is 0 Å². The van der Waals surface area contributed by atoms with E-state index in [1.54, 1.807) is 9.34 Å². The van der Waals surface area contributed by atoms with E-state index < -0.39 is 50.6 Å². The Bertz CT molecular complexity index is 1260. The molecule has 0 radical (unpaired) electrons. The second-order valence-corrected chi connectivity index (χ2v) is 23.7. The van der Waals surface area contributed by atoms with Crippen LogP contribution in [0.5, 0.6) is 0 Å². The summed E-state index contributed by atoms with van der Waals surface area (Å²) >= 11 is 14.6. The van der Waals surface area contributed by atoms with Crippen LogP contribution in [0.15, 0.2) is 37.6 Å². The van der Waals surface area contributed by atoms with E-state index in [0.29, 0.717) is 0 Å². The number of azide groups is 2. The van der Waals surface area contributed by atoms with Gasteiger partial charge in [0.1, 0.15) is 0 Å². The lowest BCUT2D eigenvalue weighted by Gasteiger charge is -2.50. The Morgan fingerprint density at radius 1 is 0.475 bits per heavy atom. The van der Waals surface area contributed by atoms with Crippen molar-refractivity contribution < 1.29 is 0 Å². The van der Waals surface area contributed by atoms with Crippen LogP contribution in [0.4, 0.5) is 0 Å². The Labute approximate surface area is 244 Å². The van der Waals surface area contributed by atoms with Gasteiger partial charge in [0, 0.05) is 41.8 Å². The lowest BCUT2D eigenvalue weighted by Crippen LogP contribution is -2.49. The number of rotatable bonds is 6. The Morgan fingerprint density at radius 2 is 0.675 bits per heavy atom. The SMILES string of the molecule is CC(C)(C)N(C(C)(C)C)P1(Cl)=NP(N=[N+]=[N-])(N=[N+]=[N-])=NP(Cl)(N(C(C)(C)C)C(C)(C)C)=NP(N=[N+]=[N-])(N=[N+]=[N-])=N1. The number of hydrogen-bond acceptors (Lipinski definition) is 10. The van der Waals surface area contributed by atoms with Gasteiger partial charge < -0.3 is 0 Å². The fourth-order valence-electron chi connectivity index (χ4n) is 4.78. The average Bonchev–Trinajstić information content (AvgIpc) is 2.61. The molecule has 1 aliphatic rings. The number of hydrogen-bond donors (Lipinski definition) is 0. The predicted octanol–water partition coefficient (Wildman–Crippen LogP) is 13.3. The summed E-state index contributed by atoms with van der Waals surface area (Å²) in [6.07, 6.45) is 0. The number of halogens is 2. The Kier molecular flexibility index (Phi) is 11.1. The second kappa shape index (κ2) is 12.1. The van der Waals surface area contributed by atoms with E-state index in [9.17, 15) is 22.1 Å². The van der Waals surface area contributed by atoms with E-state index in [2.05, 4.69) is 57.2 Å². The van der Waals surface area contributed by atoms with E-state index in [0.717, 1.165) is 0 Å². The van der Waals surface area contributed by atoms with Crippen molar-refractivity contribution in [1.82, 2.24) is 9.34 Å². The summed E-state index contributed by atoms with van der Waals surface area (Å²) in [5.74, 6) is 0. The van der Waals surface area contributed by atoms with Gasteiger partial charge in [0.15, 0.2) is 0 Å². The molecule has 18 nitrogen and oxygen atoms in total. The van der Waals surface area contributed by atoms with Gasteiger partial charge in [-0.3, -0.25) is 0 Å². The zero-order valence-electron chi connectivity index (χ0n) is 24.6. The van der Waals surface area contributed by atoms with Gasteiger partial charge in [-0.1, -0.05) is 0 Å². The smallest absolute Gasteiger partial charge is 0.229 e. The molecule has 1 aliphatic heterocycles. The molecule has 0 aromatic heterocycles. The standard InChI is InChI=1S/C16H36Cl2N18P4/c1-13(2,3)35(14(4,5)6)37(17)31-39(27-23-19,28-24-20)33-38(18,36(15(7,8)9)16(10,11)12)34-40(32-37,29-25-21)30-26-22/h1-12H3. The van der Waals surface area contributed by atoms with Crippen molar-refractivity contribution >= 4 is 50.9 Å². The summed E-state index contributed by atoms with van der Waals surface area (Å²) in [5.41, 5.74) is 35.3. The monoisotopic (exact) mass is 674 g/mol. The Hall–Kier alpha value is -1.34. The molecule has 224 valence electrons. The molecular weight excluding hydrogens is 639 g/mol. The maximum Gasteiger partial charge on any atom is 0.257 e. The van der Waals surface area contributed by atoms with E-state index in [1.807, 2.05) is 83.1 Å². The summed E-state index contributed by atoms with van der Waals surface area (Å²) < 4.78 is 22.1. The lowest BCUT2D eigenvalue weighted by molar-refractivity contribution is 0.147. The van der Waals surface area contributed by atoms with Gasteiger partial charge in [-0.15, -0.1) is 0 Å². The first-order valence-electron chi connectivity index (χ1n) is 11.6. The minimum atomic E-state index is -4.21. The van der Waals surface area contributed by atoms with Crippen LogP contribution in [0.2, 0.25) is 0 Å². The molecule has 40 heavy (non-hydrogen) atoms. The highest BCUT2D eigenvalue weighted by atomic mass is 35.7. The summed E-state index contributed by atoms with van der Waals surface area (Å²) in [7, 11) is -8.41. The third kappa shape index (κ3) is 8.36. The van der Waals surface area contributed by atoms with Gasteiger partial charge in [0.05, 0.1) is 0 Å². The minimum absolute atomic E-state index is 0.777. The van der Waals surface area contributed by atoms with Crippen LogP contribution in [0, 0.1) is 0 Å². The molecular formula is C16H36Cl2N18P4. The van der Waals surface area contributed by atoms with Gasteiger partial charge >= 0.3 is 0 Å². The molecule has 0 amide bonds. The third-order valence-electron chi connectivity index (χ3n) is 4.63. The van der Waals surface area contributed by atoms with Crippen molar-refractivity contribution in [3.05, 3.63) is 41.8 Å². The van der Waals surface area contributed by atoms with Gasteiger partial charge in [-0.05, 0) is 147 Å². The highest BCUT2D eigenvalue weighted by Gasteiger charge is 2.49. The van der Waals surface area contributed by atoms with E-state index in [4.69, 9.17) is 22.5 Å². The maximum atomic E-state index is 9.61. The molecule has 0 saturated heterocycles. The van der Waals surface area contributed by atoms with Gasteiger partial charge in [0.25, 0.3) is 15.0 Å². The summed E-state index contributed by atoms with van der Waals surface area (Å²) in [6.45, 7) is 14.1. The van der Waals surface area contributed by atoms with Crippen LogP contribution in [0.25, 0.3) is 41.8 Å². The molecule has 0 aromatic rings. The highest BCUT2D eigenvalue weighted by Crippen LogP contribution is 2.86. The largest absolute Gasteiger partial charge is 0.257 e. The van der Waals surface area contributed by atoms with Gasteiger partial charge in [-0.25, -0.2) is 27.4 Å². The molecule has 0 aliphatic carbocycles. The Morgan fingerprint density at radius 3 is 0.825 bits per heavy atom. The minimum Gasteiger partial charge on any atom is -0.229 e. The zero-order valence-corrected chi connectivity index (χ0v) is 29.7. The first kappa shape index (κ1) is 36.7. The van der Waals surface area contributed by atoms with Crippen molar-refractivity contribution in [3.63, 3.8) is 0 Å². The normalized spacial score (nSPS) is 29.4. The molecule has 2 atom stereocenters. The zero-order chi connectivity index (χ0) is 31.6. The van der Waals surface area contributed by atoms with E-state index >= 15 is 0 Å². The topological polar surface area (TPSA) is 251 Å². The molecule has 0 saturated carbocycles. The van der Waals surface area contributed by atoms with Gasteiger partial charge in [0.2, 0.25) is 13.4 Å². The van der Waals surface area contributed by atoms with Crippen LogP contribution < -0.4 is 0 Å². The third-order valence-corrected chi connectivity index (χ3v) is 20.1. The molecule has 0 spiro atoms. The first-order chi connectivity index (χ1) is 17.8. The van der Waals surface area contributed by atoms with E-state index in [-0.39, 0.29) is 0 Å². The summed E-state index contributed by atoms with van der Waals surface area (Å²) in [5, 5.41) is 0. The van der Waals surface area contributed by atoms with Crippen LogP contribution in [-0.4, -0.2) is 31.5 Å². The first-order valence-corrected chi connectivity index (χ1v) is 19.9. The summed E-state index contributed by atoms with van der Waals surface area (Å²) in [6, 6.07) is 0. The molecule has 1 rings (SSSR count). The average molecular weight is 675 g/mol. The quantitative estimate of drug-likeness (QED) is 0.115. The van der Waals surface area contributed by atoms with Crippen LogP contribution in [0.3, 0.4) is 0 Å². The molecule has 2 unspecified atom stereocenters. The number of nitrogens with zero attached hydrogens (tertiary/aromatic N) is 18. The molecule has 0 aromatic carbocycles. The van der Waals surface area contributed by atoms with Crippen LogP contribution in [-0.2, 0) is 0 Å².